The lowest BCUT2D eigenvalue weighted by atomic mass is 10.1. The summed E-state index contributed by atoms with van der Waals surface area (Å²) >= 11 is 0. The van der Waals surface area contributed by atoms with Crippen molar-refractivity contribution in [2.75, 3.05) is 6.61 Å². The number of benzene rings is 1. The van der Waals surface area contributed by atoms with Crippen LogP contribution in [0, 0.1) is 0 Å². The third-order valence-corrected chi connectivity index (χ3v) is 3.08. The lowest BCUT2D eigenvalue weighted by Gasteiger charge is -2.02. The predicted molar refractivity (Wildman–Crippen MR) is 73.7 cm³/mol. The fourth-order valence-electron chi connectivity index (χ4n) is 2.04. The molecule has 2 aromatic heterocycles. The molecule has 3 aromatic rings. The molecule has 3 rings (SSSR count). The zero-order chi connectivity index (χ0) is 13.9. The molecule has 0 saturated heterocycles. The SMILES string of the molecule is NC(CCO)c1nc(-c2nccc3ccccc23)no1. The second-order valence-corrected chi connectivity index (χ2v) is 4.46. The normalized spacial score (nSPS) is 12.7. The third-order valence-electron chi connectivity index (χ3n) is 3.08. The smallest absolute Gasteiger partial charge is 0.244 e. The molecule has 0 aliphatic rings. The van der Waals surface area contributed by atoms with Crippen molar-refractivity contribution in [3.63, 3.8) is 0 Å². The van der Waals surface area contributed by atoms with Crippen LogP contribution in [-0.4, -0.2) is 26.8 Å². The Bertz CT molecular complexity index is 721. The summed E-state index contributed by atoms with van der Waals surface area (Å²) in [5.41, 5.74) is 6.49. The Hall–Kier alpha value is -2.31. The molecule has 2 heterocycles. The standard InChI is InChI=1S/C14H14N4O2/c15-11(6-8-19)14-17-13(18-20-14)12-10-4-2-1-3-9(10)5-7-16-12/h1-5,7,11,19H,6,8,15H2. The minimum atomic E-state index is -0.462. The monoisotopic (exact) mass is 270 g/mol. The molecule has 0 spiro atoms. The fraction of sp³-hybridized carbons (Fsp3) is 0.214. The molecule has 6 heteroatoms. The summed E-state index contributed by atoms with van der Waals surface area (Å²) in [6, 6.07) is 9.32. The van der Waals surface area contributed by atoms with Gasteiger partial charge in [0, 0.05) is 18.2 Å². The zero-order valence-electron chi connectivity index (χ0n) is 10.7. The van der Waals surface area contributed by atoms with Gasteiger partial charge in [0.2, 0.25) is 11.7 Å². The molecule has 6 nitrogen and oxygen atoms in total. The molecular weight excluding hydrogens is 256 g/mol. The molecule has 1 atom stereocenters. The van der Waals surface area contributed by atoms with Crippen molar-refractivity contribution in [2.24, 2.45) is 5.73 Å². The number of rotatable bonds is 4. The number of aromatic nitrogens is 3. The second kappa shape index (κ2) is 5.36. The number of pyridine rings is 1. The van der Waals surface area contributed by atoms with Gasteiger partial charge in [0.15, 0.2) is 0 Å². The van der Waals surface area contributed by atoms with Crippen LogP contribution in [0.15, 0.2) is 41.1 Å². The van der Waals surface area contributed by atoms with Gasteiger partial charge in [-0.3, -0.25) is 4.98 Å². The van der Waals surface area contributed by atoms with Gasteiger partial charge in [0.25, 0.3) is 0 Å². The quantitative estimate of drug-likeness (QED) is 0.748. The third kappa shape index (κ3) is 2.26. The maximum atomic E-state index is 8.88. The Labute approximate surface area is 115 Å². The van der Waals surface area contributed by atoms with E-state index >= 15 is 0 Å². The van der Waals surface area contributed by atoms with Crippen LogP contribution in [0.4, 0.5) is 0 Å². The van der Waals surface area contributed by atoms with E-state index in [0.717, 1.165) is 10.8 Å². The highest BCUT2D eigenvalue weighted by Gasteiger charge is 2.17. The lowest BCUT2D eigenvalue weighted by Crippen LogP contribution is -2.12. The van der Waals surface area contributed by atoms with Crippen LogP contribution < -0.4 is 5.73 Å². The molecule has 0 fully saturated rings. The number of nitrogens with zero attached hydrogens (tertiary/aromatic N) is 3. The first-order valence-corrected chi connectivity index (χ1v) is 6.34. The van der Waals surface area contributed by atoms with Crippen molar-refractivity contribution in [2.45, 2.75) is 12.5 Å². The minimum absolute atomic E-state index is 0.0224. The molecule has 0 aliphatic heterocycles. The summed E-state index contributed by atoms with van der Waals surface area (Å²) in [6.45, 7) is -0.0224. The topological polar surface area (TPSA) is 98.1 Å². The highest BCUT2D eigenvalue weighted by atomic mass is 16.5. The summed E-state index contributed by atoms with van der Waals surface area (Å²) in [6.07, 6.45) is 2.09. The number of fused-ring (bicyclic) bond motifs is 1. The van der Waals surface area contributed by atoms with Crippen LogP contribution in [0.2, 0.25) is 0 Å². The molecular formula is C14H14N4O2. The summed E-state index contributed by atoms with van der Waals surface area (Å²) in [5.74, 6) is 0.717. The Morgan fingerprint density at radius 1 is 1.25 bits per heavy atom. The van der Waals surface area contributed by atoms with Gasteiger partial charge in [0.05, 0.1) is 6.04 Å². The van der Waals surface area contributed by atoms with Crippen molar-refractivity contribution >= 4 is 10.8 Å². The Morgan fingerprint density at radius 2 is 2.10 bits per heavy atom. The van der Waals surface area contributed by atoms with E-state index in [0.29, 0.717) is 23.8 Å². The number of nitrogens with two attached hydrogens (primary N) is 1. The first-order chi connectivity index (χ1) is 9.79. The van der Waals surface area contributed by atoms with Crippen LogP contribution >= 0.6 is 0 Å². The van der Waals surface area contributed by atoms with Crippen LogP contribution in [-0.2, 0) is 0 Å². The average molecular weight is 270 g/mol. The Kier molecular flexibility index (Phi) is 3.41. The molecule has 1 aromatic carbocycles. The summed E-state index contributed by atoms with van der Waals surface area (Å²) in [7, 11) is 0. The van der Waals surface area contributed by atoms with E-state index in [2.05, 4.69) is 15.1 Å². The molecule has 3 N–H and O–H groups in total. The van der Waals surface area contributed by atoms with Gasteiger partial charge in [-0.2, -0.15) is 4.98 Å². The maximum absolute atomic E-state index is 8.88. The fourth-order valence-corrected chi connectivity index (χ4v) is 2.04. The van der Waals surface area contributed by atoms with E-state index in [4.69, 9.17) is 15.4 Å². The van der Waals surface area contributed by atoms with Crippen LogP contribution in [0.1, 0.15) is 18.4 Å². The van der Waals surface area contributed by atoms with Crippen molar-refractivity contribution in [1.82, 2.24) is 15.1 Å². The molecule has 0 amide bonds. The number of hydrogen-bond donors (Lipinski definition) is 2. The second-order valence-electron chi connectivity index (χ2n) is 4.46. The lowest BCUT2D eigenvalue weighted by molar-refractivity contribution is 0.259. The van der Waals surface area contributed by atoms with E-state index in [1.165, 1.54) is 0 Å². The van der Waals surface area contributed by atoms with Gasteiger partial charge < -0.3 is 15.4 Å². The first kappa shape index (κ1) is 12.7. The highest BCUT2D eigenvalue weighted by Crippen LogP contribution is 2.25. The van der Waals surface area contributed by atoms with Gasteiger partial charge in [-0.1, -0.05) is 29.4 Å². The first-order valence-electron chi connectivity index (χ1n) is 6.34. The van der Waals surface area contributed by atoms with Crippen molar-refractivity contribution in [1.29, 1.82) is 0 Å². The highest BCUT2D eigenvalue weighted by molar-refractivity contribution is 5.92. The number of aliphatic hydroxyl groups is 1. The molecule has 20 heavy (non-hydrogen) atoms. The summed E-state index contributed by atoms with van der Waals surface area (Å²) < 4.78 is 5.15. The van der Waals surface area contributed by atoms with E-state index in [1.54, 1.807) is 6.20 Å². The average Bonchev–Trinajstić information content (AvgIpc) is 2.97. The molecule has 0 aliphatic carbocycles. The Balaban J connectivity index is 2.03. The van der Waals surface area contributed by atoms with Crippen molar-refractivity contribution in [3.05, 3.63) is 42.4 Å². The molecule has 0 bridgehead atoms. The van der Waals surface area contributed by atoms with Gasteiger partial charge in [-0.15, -0.1) is 0 Å². The molecule has 0 saturated carbocycles. The van der Waals surface area contributed by atoms with Crippen LogP contribution in [0.25, 0.3) is 22.3 Å². The number of hydrogen-bond acceptors (Lipinski definition) is 6. The number of aliphatic hydroxyl groups excluding tert-OH is 1. The molecule has 1 unspecified atom stereocenters. The van der Waals surface area contributed by atoms with Gasteiger partial charge >= 0.3 is 0 Å². The van der Waals surface area contributed by atoms with E-state index in [9.17, 15) is 0 Å². The van der Waals surface area contributed by atoms with Crippen LogP contribution in [0.5, 0.6) is 0 Å². The van der Waals surface area contributed by atoms with Gasteiger partial charge in [0.1, 0.15) is 5.69 Å². The zero-order valence-corrected chi connectivity index (χ0v) is 10.7. The van der Waals surface area contributed by atoms with Crippen LogP contribution in [0.3, 0.4) is 0 Å². The molecule has 102 valence electrons. The summed E-state index contributed by atoms with van der Waals surface area (Å²) in [5, 5.41) is 14.8. The van der Waals surface area contributed by atoms with Gasteiger partial charge in [-0.25, -0.2) is 0 Å². The minimum Gasteiger partial charge on any atom is -0.396 e. The van der Waals surface area contributed by atoms with E-state index < -0.39 is 6.04 Å². The van der Waals surface area contributed by atoms with E-state index in [1.807, 2.05) is 30.3 Å². The van der Waals surface area contributed by atoms with Crippen molar-refractivity contribution in [3.8, 4) is 11.5 Å². The summed E-state index contributed by atoms with van der Waals surface area (Å²) in [4.78, 5) is 8.59. The molecule has 0 radical (unpaired) electrons. The largest absolute Gasteiger partial charge is 0.396 e. The van der Waals surface area contributed by atoms with Gasteiger partial charge in [-0.05, 0) is 17.9 Å². The maximum Gasteiger partial charge on any atom is 0.244 e. The predicted octanol–water partition coefficient (Wildman–Crippen LogP) is 1.67. The Morgan fingerprint density at radius 3 is 2.95 bits per heavy atom. The van der Waals surface area contributed by atoms with E-state index in [-0.39, 0.29) is 6.61 Å². The van der Waals surface area contributed by atoms with Crippen molar-refractivity contribution < 1.29 is 9.63 Å².